The van der Waals surface area contributed by atoms with Gasteiger partial charge in [-0.05, 0) is 37.1 Å². The zero-order valence-corrected chi connectivity index (χ0v) is 12.7. The van der Waals surface area contributed by atoms with Crippen LogP contribution in [0.25, 0.3) is 11.4 Å². The number of hydrogen-bond acceptors (Lipinski definition) is 2. The Hall–Kier alpha value is -0.930. The van der Waals surface area contributed by atoms with Crippen molar-refractivity contribution in [3.63, 3.8) is 0 Å². The minimum Gasteiger partial charge on any atom is -0.233 e. The summed E-state index contributed by atoms with van der Waals surface area (Å²) in [4.78, 5) is 8.85. The van der Waals surface area contributed by atoms with E-state index in [0.717, 1.165) is 34.1 Å². The summed E-state index contributed by atoms with van der Waals surface area (Å²) in [5, 5.41) is 0.504. The van der Waals surface area contributed by atoms with E-state index in [1.807, 2.05) is 25.1 Å². The van der Waals surface area contributed by atoms with Crippen LogP contribution in [0.5, 0.6) is 0 Å². The van der Waals surface area contributed by atoms with E-state index in [9.17, 15) is 0 Å². The lowest BCUT2D eigenvalue weighted by molar-refractivity contribution is 0.875. The van der Waals surface area contributed by atoms with Crippen molar-refractivity contribution in [2.45, 2.75) is 26.7 Å². The van der Waals surface area contributed by atoms with Crippen molar-refractivity contribution in [2.75, 3.05) is 0 Å². The molecule has 2 nitrogen and oxygen atoms in total. The van der Waals surface area contributed by atoms with Crippen LogP contribution in [-0.2, 0) is 6.42 Å². The Kier molecular flexibility index (Phi) is 4.36. The molecular weight excluding hydrogens is 312 g/mol. The second-order valence-corrected chi connectivity index (χ2v) is 5.46. The van der Waals surface area contributed by atoms with E-state index in [1.165, 1.54) is 0 Å². The monoisotopic (exact) mass is 324 g/mol. The molecule has 0 radical (unpaired) electrons. The summed E-state index contributed by atoms with van der Waals surface area (Å²) in [7, 11) is 0. The summed E-state index contributed by atoms with van der Waals surface area (Å²) in [5.74, 6) is 0.696. The van der Waals surface area contributed by atoms with Gasteiger partial charge < -0.3 is 0 Å². The molecule has 94 valence electrons. The molecule has 2 rings (SSSR count). The molecule has 1 aromatic carbocycles. The maximum absolute atomic E-state index is 6.05. The normalized spacial score (nSPS) is 10.7. The fourth-order valence-electron chi connectivity index (χ4n) is 1.76. The topological polar surface area (TPSA) is 25.8 Å². The standard InChI is InChI=1S/C14H14BrClN2/c1-3-4-11-8-13(16)18-14(17-11)10-5-6-12(15)9(2)7-10/h5-8H,3-4H2,1-2H3. The van der Waals surface area contributed by atoms with Crippen molar-refractivity contribution in [3.05, 3.63) is 45.1 Å². The molecule has 0 saturated heterocycles. The average Bonchev–Trinajstić information content (AvgIpc) is 2.32. The summed E-state index contributed by atoms with van der Waals surface area (Å²) in [6.45, 7) is 4.17. The van der Waals surface area contributed by atoms with Crippen LogP contribution in [0.15, 0.2) is 28.7 Å². The molecule has 1 aromatic heterocycles. The minimum atomic E-state index is 0.504. The fourth-order valence-corrected chi connectivity index (χ4v) is 2.21. The number of aryl methyl sites for hydroxylation is 2. The Labute approximate surface area is 121 Å². The summed E-state index contributed by atoms with van der Waals surface area (Å²) in [6, 6.07) is 7.90. The first-order valence-electron chi connectivity index (χ1n) is 5.90. The highest BCUT2D eigenvalue weighted by atomic mass is 79.9. The number of benzene rings is 1. The highest BCUT2D eigenvalue weighted by Gasteiger charge is 2.07. The quantitative estimate of drug-likeness (QED) is 0.756. The van der Waals surface area contributed by atoms with Gasteiger partial charge in [0.2, 0.25) is 0 Å². The van der Waals surface area contributed by atoms with Gasteiger partial charge in [0, 0.05) is 15.7 Å². The van der Waals surface area contributed by atoms with Crippen LogP contribution in [0.2, 0.25) is 5.15 Å². The summed E-state index contributed by atoms with van der Waals surface area (Å²) >= 11 is 9.54. The van der Waals surface area contributed by atoms with E-state index < -0.39 is 0 Å². The van der Waals surface area contributed by atoms with Gasteiger partial charge in [-0.25, -0.2) is 9.97 Å². The van der Waals surface area contributed by atoms with E-state index >= 15 is 0 Å². The zero-order chi connectivity index (χ0) is 13.1. The van der Waals surface area contributed by atoms with E-state index in [-0.39, 0.29) is 0 Å². The highest BCUT2D eigenvalue weighted by Crippen LogP contribution is 2.24. The average molecular weight is 326 g/mol. The summed E-state index contributed by atoms with van der Waals surface area (Å²) in [6.07, 6.45) is 1.97. The molecule has 4 heteroatoms. The van der Waals surface area contributed by atoms with Gasteiger partial charge in [-0.3, -0.25) is 0 Å². The summed E-state index contributed by atoms with van der Waals surface area (Å²) in [5.41, 5.74) is 3.15. The third-order valence-corrected chi connectivity index (χ3v) is 3.75. The SMILES string of the molecule is CCCc1cc(Cl)nc(-c2ccc(Br)c(C)c2)n1. The van der Waals surface area contributed by atoms with Gasteiger partial charge in [-0.1, -0.05) is 46.9 Å². The number of halogens is 2. The molecule has 1 heterocycles. The molecule has 0 spiro atoms. The number of hydrogen-bond donors (Lipinski definition) is 0. The molecule has 0 N–H and O–H groups in total. The molecule has 0 fully saturated rings. The van der Waals surface area contributed by atoms with Crippen molar-refractivity contribution in [1.82, 2.24) is 9.97 Å². The molecule has 0 atom stereocenters. The van der Waals surface area contributed by atoms with Crippen LogP contribution in [0, 0.1) is 6.92 Å². The summed E-state index contributed by atoms with van der Waals surface area (Å²) < 4.78 is 1.09. The lowest BCUT2D eigenvalue weighted by Crippen LogP contribution is -1.96. The minimum absolute atomic E-state index is 0.504. The van der Waals surface area contributed by atoms with Crippen molar-refractivity contribution in [2.24, 2.45) is 0 Å². The van der Waals surface area contributed by atoms with Crippen LogP contribution >= 0.6 is 27.5 Å². The van der Waals surface area contributed by atoms with Crippen LogP contribution in [0.1, 0.15) is 24.6 Å². The highest BCUT2D eigenvalue weighted by molar-refractivity contribution is 9.10. The largest absolute Gasteiger partial charge is 0.233 e. The predicted molar refractivity (Wildman–Crippen MR) is 78.9 cm³/mol. The molecule has 0 aliphatic carbocycles. The van der Waals surface area contributed by atoms with E-state index in [4.69, 9.17) is 11.6 Å². The van der Waals surface area contributed by atoms with Crippen molar-refractivity contribution in [1.29, 1.82) is 0 Å². The van der Waals surface area contributed by atoms with Crippen LogP contribution in [0.4, 0.5) is 0 Å². The van der Waals surface area contributed by atoms with E-state index in [2.05, 4.69) is 38.9 Å². The van der Waals surface area contributed by atoms with Crippen LogP contribution < -0.4 is 0 Å². The molecule has 0 bridgehead atoms. The first-order chi connectivity index (χ1) is 8.60. The van der Waals surface area contributed by atoms with Gasteiger partial charge in [0.1, 0.15) is 5.15 Å². The maximum Gasteiger partial charge on any atom is 0.161 e. The van der Waals surface area contributed by atoms with Gasteiger partial charge in [0.25, 0.3) is 0 Å². The molecule has 0 aliphatic heterocycles. The lowest BCUT2D eigenvalue weighted by Gasteiger charge is -2.06. The van der Waals surface area contributed by atoms with E-state index in [0.29, 0.717) is 11.0 Å². The Bertz CT molecular complexity index is 570. The van der Waals surface area contributed by atoms with Gasteiger partial charge in [-0.2, -0.15) is 0 Å². The van der Waals surface area contributed by atoms with Crippen LogP contribution in [0.3, 0.4) is 0 Å². The molecule has 0 saturated carbocycles. The third-order valence-electron chi connectivity index (χ3n) is 2.67. The van der Waals surface area contributed by atoms with Crippen LogP contribution in [-0.4, -0.2) is 9.97 Å². The molecular formula is C14H14BrClN2. The Morgan fingerprint density at radius 1 is 1.22 bits per heavy atom. The Balaban J connectivity index is 2.46. The Morgan fingerprint density at radius 2 is 2.00 bits per heavy atom. The van der Waals surface area contributed by atoms with Gasteiger partial charge in [0.05, 0.1) is 0 Å². The number of rotatable bonds is 3. The number of aromatic nitrogens is 2. The maximum atomic E-state index is 6.05. The second-order valence-electron chi connectivity index (χ2n) is 4.22. The fraction of sp³-hybridized carbons (Fsp3) is 0.286. The van der Waals surface area contributed by atoms with Gasteiger partial charge in [-0.15, -0.1) is 0 Å². The Morgan fingerprint density at radius 3 is 2.67 bits per heavy atom. The van der Waals surface area contributed by atoms with Crippen molar-refractivity contribution in [3.8, 4) is 11.4 Å². The van der Waals surface area contributed by atoms with E-state index in [1.54, 1.807) is 0 Å². The lowest BCUT2D eigenvalue weighted by atomic mass is 10.1. The number of nitrogens with zero attached hydrogens (tertiary/aromatic N) is 2. The van der Waals surface area contributed by atoms with Crippen molar-refractivity contribution < 1.29 is 0 Å². The first-order valence-corrected chi connectivity index (χ1v) is 7.07. The smallest absolute Gasteiger partial charge is 0.161 e. The predicted octanol–water partition coefficient (Wildman–Crippen LogP) is 4.82. The molecule has 18 heavy (non-hydrogen) atoms. The van der Waals surface area contributed by atoms with Gasteiger partial charge in [0.15, 0.2) is 5.82 Å². The zero-order valence-electron chi connectivity index (χ0n) is 10.4. The second kappa shape index (κ2) is 5.81. The van der Waals surface area contributed by atoms with Gasteiger partial charge >= 0.3 is 0 Å². The molecule has 0 unspecified atom stereocenters. The molecule has 2 aromatic rings. The molecule has 0 amide bonds. The third kappa shape index (κ3) is 3.09. The van der Waals surface area contributed by atoms with Crippen molar-refractivity contribution >= 4 is 27.5 Å². The first kappa shape index (κ1) is 13.5. The molecule has 0 aliphatic rings.